The molecule has 3 aromatic heterocycles. The third-order valence-electron chi connectivity index (χ3n) is 7.85. The minimum absolute atomic E-state index is 0.0528. The van der Waals surface area contributed by atoms with E-state index in [4.69, 9.17) is 9.47 Å². The van der Waals surface area contributed by atoms with Gasteiger partial charge in [-0.1, -0.05) is 31.2 Å². The third-order valence-corrected chi connectivity index (χ3v) is 7.85. The summed E-state index contributed by atoms with van der Waals surface area (Å²) in [7, 11) is 3.43. The van der Waals surface area contributed by atoms with E-state index in [9.17, 15) is 9.59 Å². The topological polar surface area (TPSA) is 99.1 Å². The fourth-order valence-corrected chi connectivity index (χ4v) is 5.38. The van der Waals surface area contributed by atoms with Crippen molar-refractivity contribution in [2.75, 3.05) is 7.11 Å². The molecule has 6 rings (SSSR count). The molecule has 0 fully saturated rings. The van der Waals surface area contributed by atoms with Gasteiger partial charge in [-0.05, 0) is 66.4 Å². The molecule has 0 saturated heterocycles. The summed E-state index contributed by atoms with van der Waals surface area (Å²) in [6.07, 6.45) is 3.77. The standard InChI is InChI=1S/C34H29FN4O4/c1-5-20-6-12-27-24(14-20)32(41)30(19(2)39(27)3)28(40)16-21-7-13-29(26(35)15-21)43-34-31-25(17-36-33(31)37-18-38-34)22-8-10-23(42-4)11-9-22/h6-15,17-18H,5,16H2,1-4H3,(H,36,37,38). The molecule has 216 valence electrons. The molecule has 3 heterocycles. The van der Waals surface area contributed by atoms with Gasteiger partial charge >= 0.3 is 0 Å². The van der Waals surface area contributed by atoms with Crippen LogP contribution in [0.5, 0.6) is 17.4 Å². The van der Waals surface area contributed by atoms with Crippen molar-refractivity contribution in [3.05, 3.63) is 112 Å². The number of methoxy groups -OCH3 is 1. The summed E-state index contributed by atoms with van der Waals surface area (Å²) >= 11 is 0. The van der Waals surface area contributed by atoms with E-state index < -0.39 is 5.82 Å². The first-order valence-electron chi connectivity index (χ1n) is 13.9. The van der Waals surface area contributed by atoms with Crippen LogP contribution in [0.1, 0.15) is 34.1 Å². The van der Waals surface area contributed by atoms with Gasteiger partial charge in [0, 0.05) is 36.3 Å². The molecule has 1 N–H and O–H groups in total. The van der Waals surface area contributed by atoms with Crippen molar-refractivity contribution in [1.29, 1.82) is 0 Å². The first kappa shape index (κ1) is 27.8. The lowest BCUT2D eigenvalue weighted by atomic mass is 9.98. The Balaban J connectivity index is 1.29. The summed E-state index contributed by atoms with van der Waals surface area (Å²) in [6, 6.07) is 17.6. The molecule has 0 radical (unpaired) electrons. The number of nitrogens with zero attached hydrogens (tertiary/aromatic N) is 3. The molecule has 0 saturated carbocycles. The molecule has 0 amide bonds. The predicted octanol–water partition coefficient (Wildman–Crippen LogP) is 6.71. The molecule has 0 unspecified atom stereocenters. The summed E-state index contributed by atoms with van der Waals surface area (Å²) in [4.78, 5) is 38.5. The zero-order valence-corrected chi connectivity index (χ0v) is 24.2. The largest absolute Gasteiger partial charge is 0.497 e. The highest BCUT2D eigenvalue weighted by Gasteiger charge is 2.21. The second-order valence-electron chi connectivity index (χ2n) is 10.4. The number of ether oxygens (including phenoxy) is 2. The number of pyridine rings is 1. The molecule has 8 nitrogen and oxygen atoms in total. The van der Waals surface area contributed by atoms with Gasteiger partial charge < -0.3 is 19.0 Å². The number of hydrogen-bond donors (Lipinski definition) is 1. The number of aryl methyl sites for hydroxylation is 2. The lowest BCUT2D eigenvalue weighted by molar-refractivity contribution is 0.0990. The molecule has 6 aromatic rings. The maximum Gasteiger partial charge on any atom is 0.232 e. The lowest BCUT2D eigenvalue weighted by Gasteiger charge is -2.15. The van der Waals surface area contributed by atoms with Crippen LogP contribution in [0.2, 0.25) is 0 Å². The van der Waals surface area contributed by atoms with Crippen molar-refractivity contribution in [3.63, 3.8) is 0 Å². The van der Waals surface area contributed by atoms with Gasteiger partial charge in [0.2, 0.25) is 5.88 Å². The maximum absolute atomic E-state index is 15.4. The smallest absolute Gasteiger partial charge is 0.232 e. The second-order valence-corrected chi connectivity index (χ2v) is 10.4. The Bertz CT molecular complexity index is 2080. The normalized spacial score (nSPS) is 11.3. The number of aromatic nitrogens is 4. The average Bonchev–Trinajstić information content (AvgIpc) is 3.46. The van der Waals surface area contributed by atoms with E-state index in [1.165, 1.54) is 18.5 Å². The molecule has 0 bridgehead atoms. The Labute approximate surface area is 246 Å². The monoisotopic (exact) mass is 576 g/mol. The Hall–Kier alpha value is -5.31. The lowest BCUT2D eigenvalue weighted by Crippen LogP contribution is -2.23. The molecule has 0 aliphatic carbocycles. The number of Topliss-reactive ketones (excluding diaryl/α,β-unsaturated/α-hetero) is 1. The van der Waals surface area contributed by atoms with Crippen LogP contribution < -0.4 is 14.9 Å². The number of fused-ring (bicyclic) bond motifs is 2. The van der Waals surface area contributed by atoms with Crippen LogP contribution in [0, 0.1) is 12.7 Å². The van der Waals surface area contributed by atoms with Crippen molar-refractivity contribution in [1.82, 2.24) is 19.5 Å². The number of carbonyl (C=O) groups excluding carboxylic acids is 1. The van der Waals surface area contributed by atoms with Crippen LogP contribution in [0.3, 0.4) is 0 Å². The highest BCUT2D eigenvalue weighted by atomic mass is 19.1. The van der Waals surface area contributed by atoms with E-state index >= 15 is 4.39 Å². The molecule has 0 spiro atoms. The molecule has 9 heteroatoms. The zero-order chi connectivity index (χ0) is 30.2. The molecule has 0 aliphatic heterocycles. The number of hydrogen-bond acceptors (Lipinski definition) is 6. The number of carbonyl (C=O) groups is 1. The summed E-state index contributed by atoms with van der Waals surface area (Å²) < 4.78 is 28.4. The van der Waals surface area contributed by atoms with Gasteiger partial charge in [0.15, 0.2) is 22.8 Å². The van der Waals surface area contributed by atoms with Gasteiger partial charge in [-0.25, -0.2) is 14.4 Å². The Morgan fingerprint density at radius 3 is 2.51 bits per heavy atom. The van der Waals surface area contributed by atoms with Crippen LogP contribution in [0.25, 0.3) is 33.1 Å². The summed E-state index contributed by atoms with van der Waals surface area (Å²) in [6.45, 7) is 3.77. The highest BCUT2D eigenvalue weighted by Crippen LogP contribution is 2.36. The molecular weight excluding hydrogens is 547 g/mol. The zero-order valence-electron chi connectivity index (χ0n) is 24.2. The van der Waals surface area contributed by atoms with Gasteiger partial charge in [0.05, 0.1) is 23.6 Å². The summed E-state index contributed by atoms with van der Waals surface area (Å²) in [5.74, 6) is -0.179. The summed E-state index contributed by atoms with van der Waals surface area (Å²) in [5.41, 5.74) is 4.78. The van der Waals surface area contributed by atoms with Crippen molar-refractivity contribution in [3.8, 4) is 28.5 Å². The van der Waals surface area contributed by atoms with Gasteiger partial charge in [-0.3, -0.25) is 9.59 Å². The molecule has 0 atom stereocenters. The van der Waals surface area contributed by atoms with E-state index in [0.29, 0.717) is 27.7 Å². The van der Waals surface area contributed by atoms with Gasteiger partial charge in [0.1, 0.15) is 17.7 Å². The quantitative estimate of drug-likeness (QED) is 0.202. The van der Waals surface area contributed by atoms with E-state index in [-0.39, 0.29) is 34.8 Å². The number of aromatic amines is 1. The minimum atomic E-state index is -0.658. The SMILES string of the molecule is CCc1ccc2c(c1)c(=O)c(C(=O)Cc1ccc(Oc3ncnc4[nH]cc(-c5ccc(OC)cc5)c34)c(F)c1)c(C)n2C. The molecular formula is C34H29FN4O4. The van der Waals surface area contributed by atoms with Gasteiger partial charge in [-0.2, -0.15) is 0 Å². The number of nitrogens with one attached hydrogen (secondary N) is 1. The van der Waals surface area contributed by atoms with Crippen molar-refractivity contribution in [2.45, 2.75) is 26.7 Å². The molecule has 0 aliphatic rings. The number of H-pyrrole nitrogens is 1. The van der Waals surface area contributed by atoms with E-state index in [2.05, 4.69) is 15.0 Å². The molecule has 3 aromatic carbocycles. The Kier molecular flexibility index (Phi) is 7.23. The van der Waals surface area contributed by atoms with Crippen molar-refractivity contribution in [2.24, 2.45) is 7.05 Å². The first-order valence-corrected chi connectivity index (χ1v) is 13.9. The fourth-order valence-electron chi connectivity index (χ4n) is 5.38. The predicted molar refractivity (Wildman–Crippen MR) is 164 cm³/mol. The summed E-state index contributed by atoms with van der Waals surface area (Å²) in [5, 5.41) is 1.10. The minimum Gasteiger partial charge on any atom is -0.497 e. The third kappa shape index (κ3) is 5.03. The Morgan fingerprint density at radius 1 is 1.02 bits per heavy atom. The van der Waals surface area contributed by atoms with Crippen LogP contribution >= 0.6 is 0 Å². The van der Waals surface area contributed by atoms with Gasteiger partial charge in [0.25, 0.3) is 0 Å². The number of halogens is 1. The number of ketones is 1. The van der Waals surface area contributed by atoms with Crippen LogP contribution in [0.4, 0.5) is 4.39 Å². The number of benzene rings is 3. The maximum atomic E-state index is 15.4. The van der Waals surface area contributed by atoms with E-state index in [1.54, 1.807) is 26.3 Å². The highest BCUT2D eigenvalue weighted by molar-refractivity contribution is 6.01. The average molecular weight is 577 g/mol. The Morgan fingerprint density at radius 2 is 1.79 bits per heavy atom. The second kappa shape index (κ2) is 11.2. The molecule has 43 heavy (non-hydrogen) atoms. The van der Waals surface area contributed by atoms with Crippen LogP contribution in [-0.2, 0) is 19.9 Å². The van der Waals surface area contributed by atoms with Crippen molar-refractivity contribution >= 4 is 27.7 Å². The van der Waals surface area contributed by atoms with Crippen molar-refractivity contribution < 1.29 is 18.7 Å². The first-order chi connectivity index (χ1) is 20.8. The van der Waals surface area contributed by atoms with E-state index in [0.717, 1.165) is 34.4 Å². The van der Waals surface area contributed by atoms with E-state index in [1.807, 2.05) is 61.0 Å². The van der Waals surface area contributed by atoms with Crippen LogP contribution in [0.15, 0.2) is 78.0 Å². The number of rotatable bonds is 8. The van der Waals surface area contributed by atoms with Gasteiger partial charge in [-0.15, -0.1) is 0 Å². The van der Waals surface area contributed by atoms with Crippen LogP contribution in [-0.4, -0.2) is 32.4 Å². The fraction of sp³-hybridized carbons (Fsp3) is 0.176.